The Hall–Kier alpha value is -2.89. The predicted octanol–water partition coefficient (Wildman–Crippen LogP) is 3.39. The molecule has 4 aliphatic rings. The van der Waals surface area contributed by atoms with Gasteiger partial charge in [0, 0.05) is 6.20 Å². The number of nitrogens with one attached hydrogen (secondary N) is 2. The second-order valence-corrected chi connectivity index (χ2v) is 9.37. The molecule has 2 atom stereocenters. The summed E-state index contributed by atoms with van der Waals surface area (Å²) in [6.07, 6.45) is 7.72. The average molecular weight is 405 g/mol. The third-order valence-electron chi connectivity index (χ3n) is 7.43. The smallest absolute Gasteiger partial charge is 0.288 e. The second kappa shape index (κ2) is 7.11. The summed E-state index contributed by atoms with van der Waals surface area (Å²) in [5, 5.41) is 0. The van der Waals surface area contributed by atoms with Crippen molar-refractivity contribution in [3.8, 4) is 5.75 Å². The Bertz CT molecular complexity index is 943. The number of aromatic nitrogens is 1. The summed E-state index contributed by atoms with van der Waals surface area (Å²) < 4.78 is 5.33. The molecule has 6 rings (SSSR count). The molecule has 156 valence electrons. The summed E-state index contributed by atoms with van der Waals surface area (Å²) in [5.74, 6) is 1.53. The van der Waals surface area contributed by atoms with Crippen LogP contribution in [0.25, 0.3) is 0 Å². The molecule has 1 aromatic carbocycles. The van der Waals surface area contributed by atoms with Gasteiger partial charge in [-0.1, -0.05) is 18.2 Å². The van der Waals surface area contributed by atoms with Crippen molar-refractivity contribution in [3.05, 3.63) is 59.9 Å². The van der Waals surface area contributed by atoms with E-state index in [0.29, 0.717) is 11.8 Å². The highest BCUT2D eigenvalue weighted by molar-refractivity contribution is 5.94. The molecule has 2 amide bonds. The maximum atomic E-state index is 13.3. The number of pyridine rings is 1. The molecular formula is C24H27N3O3. The lowest BCUT2D eigenvalue weighted by molar-refractivity contribution is -0.149. The zero-order valence-electron chi connectivity index (χ0n) is 17.2. The van der Waals surface area contributed by atoms with Crippen molar-refractivity contribution in [1.29, 1.82) is 0 Å². The number of amides is 2. The Labute approximate surface area is 176 Å². The minimum Gasteiger partial charge on any atom is -0.497 e. The van der Waals surface area contributed by atoms with Crippen molar-refractivity contribution in [2.75, 3.05) is 7.11 Å². The molecule has 2 aromatic rings. The van der Waals surface area contributed by atoms with Crippen molar-refractivity contribution in [1.82, 2.24) is 15.8 Å². The average Bonchev–Trinajstić information content (AvgIpc) is 2.77. The number of hydrogen-bond acceptors (Lipinski definition) is 4. The number of nitrogens with zero attached hydrogens (tertiary/aromatic N) is 1. The van der Waals surface area contributed by atoms with E-state index in [1.165, 1.54) is 12.0 Å². The molecule has 4 fully saturated rings. The van der Waals surface area contributed by atoms with Gasteiger partial charge in [-0.2, -0.15) is 0 Å². The zero-order chi connectivity index (χ0) is 20.8. The molecule has 0 spiro atoms. The predicted molar refractivity (Wildman–Crippen MR) is 112 cm³/mol. The summed E-state index contributed by atoms with van der Waals surface area (Å²) in [6, 6.07) is 13.5. The minimum atomic E-state index is -0.415. The van der Waals surface area contributed by atoms with E-state index in [-0.39, 0.29) is 17.0 Å². The zero-order valence-corrected chi connectivity index (χ0v) is 17.2. The van der Waals surface area contributed by atoms with Gasteiger partial charge in [-0.05, 0) is 85.6 Å². The number of benzene rings is 1. The topological polar surface area (TPSA) is 80.3 Å². The molecule has 30 heavy (non-hydrogen) atoms. The van der Waals surface area contributed by atoms with Crippen LogP contribution in [0.3, 0.4) is 0 Å². The molecule has 4 saturated carbocycles. The Morgan fingerprint density at radius 2 is 1.73 bits per heavy atom. The van der Waals surface area contributed by atoms with Gasteiger partial charge in [-0.15, -0.1) is 0 Å². The quantitative estimate of drug-likeness (QED) is 0.764. The molecule has 0 radical (unpaired) electrons. The van der Waals surface area contributed by atoms with Gasteiger partial charge in [0.1, 0.15) is 11.4 Å². The summed E-state index contributed by atoms with van der Waals surface area (Å²) >= 11 is 0. The van der Waals surface area contributed by atoms with Crippen molar-refractivity contribution in [3.63, 3.8) is 0 Å². The van der Waals surface area contributed by atoms with Gasteiger partial charge in [-0.3, -0.25) is 25.4 Å². The molecule has 4 bridgehead atoms. The van der Waals surface area contributed by atoms with Crippen LogP contribution in [0.15, 0.2) is 48.7 Å². The van der Waals surface area contributed by atoms with Crippen LogP contribution in [0.1, 0.15) is 54.6 Å². The van der Waals surface area contributed by atoms with Crippen LogP contribution in [0.5, 0.6) is 5.75 Å². The molecule has 0 saturated heterocycles. The van der Waals surface area contributed by atoms with E-state index >= 15 is 0 Å². The number of carbonyl (C=O) groups is 2. The third-order valence-corrected chi connectivity index (χ3v) is 7.43. The molecule has 4 aliphatic carbocycles. The van der Waals surface area contributed by atoms with Crippen LogP contribution < -0.4 is 15.6 Å². The van der Waals surface area contributed by atoms with Crippen molar-refractivity contribution in [2.45, 2.75) is 43.9 Å². The molecular weight excluding hydrogens is 378 g/mol. The standard InChI is InChI=1S/C24H27N3O3/c1-30-19-7-5-18(6-8-19)23-11-16-10-17(12-23)14-24(13-16,15-23)22(29)27-26-21(28)20-4-2-3-9-25-20/h2-9,16-17H,10-15H2,1H3,(H,26,28)(H,27,29). The van der Waals surface area contributed by atoms with E-state index in [4.69, 9.17) is 4.74 Å². The second-order valence-electron chi connectivity index (χ2n) is 9.37. The first kappa shape index (κ1) is 19.1. The van der Waals surface area contributed by atoms with Crippen molar-refractivity contribution < 1.29 is 14.3 Å². The largest absolute Gasteiger partial charge is 0.497 e. The Morgan fingerprint density at radius 3 is 2.37 bits per heavy atom. The molecule has 2 N–H and O–H groups in total. The van der Waals surface area contributed by atoms with Gasteiger partial charge in [-0.25, -0.2) is 0 Å². The van der Waals surface area contributed by atoms with Crippen LogP contribution in [0.4, 0.5) is 0 Å². The van der Waals surface area contributed by atoms with Crippen LogP contribution >= 0.6 is 0 Å². The Kier molecular flexibility index (Phi) is 4.53. The number of hydrazine groups is 1. The lowest BCUT2D eigenvalue weighted by atomic mass is 9.42. The van der Waals surface area contributed by atoms with E-state index in [9.17, 15) is 9.59 Å². The first-order chi connectivity index (χ1) is 14.5. The Balaban J connectivity index is 1.36. The highest BCUT2D eigenvalue weighted by Gasteiger charge is 2.61. The van der Waals surface area contributed by atoms with Gasteiger partial charge < -0.3 is 4.74 Å². The Morgan fingerprint density at radius 1 is 1.00 bits per heavy atom. The number of carbonyl (C=O) groups excluding carboxylic acids is 2. The van der Waals surface area contributed by atoms with Crippen LogP contribution in [0, 0.1) is 17.3 Å². The first-order valence-electron chi connectivity index (χ1n) is 10.7. The first-order valence-corrected chi connectivity index (χ1v) is 10.7. The van der Waals surface area contributed by atoms with Gasteiger partial charge in [0.2, 0.25) is 5.91 Å². The summed E-state index contributed by atoms with van der Waals surface area (Å²) in [7, 11) is 1.68. The number of ether oxygens (including phenoxy) is 1. The van der Waals surface area contributed by atoms with Gasteiger partial charge in [0.15, 0.2) is 0 Å². The number of hydrogen-bond donors (Lipinski definition) is 2. The van der Waals surface area contributed by atoms with Gasteiger partial charge in [0.25, 0.3) is 5.91 Å². The summed E-state index contributed by atoms with van der Waals surface area (Å²) in [5.41, 5.74) is 6.53. The van der Waals surface area contributed by atoms with E-state index in [0.717, 1.165) is 37.9 Å². The highest BCUT2D eigenvalue weighted by Crippen LogP contribution is 2.65. The molecule has 6 heteroatoms. The monoisotopic (exact) mass is 405 g/mol. The fraction of sp³-hybridized carbons (Fsp3) is 0.458. The van der Waals surface area contributed by atoms with E-state index in [2.05, 4.69) is 28.0 Å². The maximum absolute atomic E-state index is 13.3. The summed E-state index contributed by atoms with van der Waals surface area (Å²) in [4.78, 5) is 29.7. The van der Waals surface area contributed by atoms with E-state index in [1.807, 2.05) is 12.1 Å². The lowest BCUT2D eigenvalue weighted by Crippen LogP contribution is -2.60. The molecule has 6 nitrogen and oxygen atoms in total. The minimum absolute atomic E-state index is 0.0404. The molecule has 0 aliphatic heterocycles. The molecule has 1 aromatic heterocycles. The van der Waals surface area contributed by atoms with Gasteiger partial charge in [0.05, 0.1) is 12.5 Å². The van der Waals surface area contributed by atoms with Crippen molar-refractivity contribution >= 4 is 11.8 Å². The van der Waals surface area contributed by atoms with E-state index in [1.54, 1.807) is 31.5 Å². The maximum Gasteiger partial charge on any atom is 0.288 e. The van der Waals surface area contributed by atoms with Gasteiger partial charge >= 0.3 is 0 Å². The molecule has 2 unspecified atom stereocenters. The third kappa shape index (κ3) is 3.15. The summed E-state index contributed by atoms with van der Waals surface area (Å²) in [6.45, 7) is 0. The number of rotatable bonds is 4. The lowest BCUT2D eigenvalue weighted by Gasteiger charge is -2.61. The van der Waals surface area contributed by atoms with Crippen LogP contribution in [-0.4, -0.2) is 23.9 Å². The fourth-order valence-corrected chi connectivity index (χ4v) is 6.62. The van der Waals surface area contributed by atoms with Crippen LogP contribution in [-0.2, 0) is 10.2 Å². The number of methoxy groups -OCH3 is 1. The van der Waals surface area contributed by atoms with Crippen molar-refractivity contribution in [2.24, 2.45) is 17.3 Å². The highest BCUT2D eigenvalue weighted by atomic mass is 16.5. The normalized spacial score (nSPS) is 31.2. The van der Waals surface area contributed by atoms with Crippen LogP contribution in [0.2, 0.25) is 0 Å². The fourth-order valence-electron chi connectivity index (χ4n) is 6.62. The SMILES string of the molecule is COc1ccc(C23CC4CC(CC(C(=O)NNC(=O)c5ccccn5)(C4)C2)C3)cc1. The van der Waals surface area contributed by atoms with E-state index < -0.39 is 11.3 Å². The molecule has 1 heterocycles.